The predicted molar refractivity (Wildman–Crippen MR) is 124 cm³/mol. The number of rotatable bonds is 6. The molecule has 0 radical (unpaired) electrons. The molecule has 0 bridgehead atoms. The Morgan fingerprint density at radius 2 is 2.00 bits per heavy atom. The van der Waals surface area contributed by atoms with Crippen LogP contribution < -0.4 is 10.6 Å². The minimum atomic E-state index is -0.0633. The minimum absolute atomic E-state index is 0.0633. The third kappa shape index (κ3) is 3.97. The average Bonchev–Trinajstić information content (AvgIpc) is 3.45. The number of anilines is 2. The van der Waals surface area contributed by atoms with Crippen LogP contribution in [0.4, 0.5) is 11.5 Å². The summed E-state index contributed by atoms with van der Waals surface area (Å²) in [7, 11) is 4.09. The molecule has 0 spiro atoms. The minimum Gasteiger partial charge on any atom is -0.381 e. The molecule has 1 amide bonds. The van der Waals surface area contributed by atoms with E-state index in [-0.39, 0.29) is 5.91 Å². The van der Waals surface area contributed by atoms with E-state index >= 15 is 0 Å². The van der Waals surface area contributed by atoms with E-state index in [0.29, 0.717) is 18.0 Å². The van der Waals surface area contributed by atoms with Crippen molar-refractivity contribution < 1.29 is 9.53 Å². The van der Waals surface area contributed by atoms with Gasteiger partial charge in [0.25, 0.3) is 5.91 Å². The molecule has 2 N–H and O–H groups in total. The van der Waals surface area contributed by atoms with Crippen LogP contribution in [0, 0.1) is 0 Å². The topological polar surface area (TPSA) is 79.4 Å². The van der Waals surface area contributed by atoms with E-state index in [4.69, 9.17) is 9.72 Å². The van der Waals surface area contributed by atoms with Crippen LogP contribution >= 0.6 is 0 Å². The van der Waals surface area contributed by atoms with E-state index in [1.54, 1.807) is 12.4 Å². The van der Waals surface area contributed by atoms with Crippen molar-refractivity contribution in [3.05, 3.63) is 71.2 Å². The average molecular weight is 430 g/mol. The Morgan fingerprint density at radius 3 is 2.75 bits per heavy atom. The summed E-state index contributed by atoms with van der Waals surface area (Å²) in [6, 6.07) is 12.1. The molecule has 3 aromatic rings. The quantitative estimate of drug-likeness (QED) is 0.622. The van der Waals surface area contributed by atoms with Crippen molar-refractivity contribution in [2.75, 3.05) is 32.6 Å². The Bertz CT molecular complexity index is 1140. The van der Waals surface area contributed by atoms with E-state index in [1.165, 1.54) is 5.56 Å². The van der Waals surface area contributed by atoms with Gasteiger partial charge in [-0.1, -0.05) is 12.1 Å². The Hall–Kier alpha value is -3.29. The standard InChI is InChI=1S/C25H27N5O2/c1-30(2)14-22-19(17-9-12-32-15-17)4-6-23(29-22)28-21-5-3-18(16-7-10-26-11-8-16)20-13-27-25(31)24(20)21/h3-8,10-11,17H,9,12-15H2,1-2H3,(H,27,31)(H,28,29). The van der Waals surface area contributed by atoms with Gasteiger partial charge in [0.05, 0.1) is 23.6 Å². The first kappa shape index (κ1) is 20.6. The second-order valence-corrected chi connectivity index (χ2v) is 8.59. The lowest BCUT2D eigenvalue weighted by Gasteiger charge is -2.19. The van der Waals surface area contributed by atoms with Crippen LogP contribution in [-0.2, 0) is 17.8 Å². The molecule has 1 saturated heterocycles. The van der Waals surface area contributed by atoms with Crippen LogP contribution in [0.2, 0.25) is 0 Å². The zero-order valence-electron chi connectivity index (χ0n) is 18.4. The summed E-state index contributed by atoms with van der Waals surface area (Å²) in [6.07, 6.45) is 4.56. The van der Waals surface area contributed by atoms with E-state index in [9.17, 15) is 4.79 Å². The summed E-state index contributed by atoms with van der Waals surface area (Å²) in [4.78, 5) is 23.9. The molecule has 1 atom stereocenters. The molecule has 2 aromatic heterocycles. The molecule has 2 aliphatic heterocycles. The van der Waals surface area contributed by atoms with Gasteiger partial charge >= 0.3 is 0 Å². The molecule has 2 aliphatic rings. The highest BCUT2D eigenvalue weighted by molar-refractivity contribution is 6.06. The number of carbonyl (C=O) groups excluding carboxylic acids is 1. The summed E-state index contributed by atoms with van der Waals surface area (Å²) in [5.74, 6) is 1.07. The molecule has 32 heavy (non-hydrogen) atoms. The summed E-state index contributed by atoms with van der Waals surface area (Å²) < 4.78 is 5.60. The number of nitrogens with zero attached hydrogens (tertiary/aromatic N) is 3. The monoisotopic (exact) mass is 429 g/mol. The number of hydrogen-bond donors (Lipinski definition) is 2. The van der Waals surface area contributed by atoms with Gasteiger partial charge in [-0.3, -0.25) is 9.78 Å². The predicted octanol–water partition coefficient (Wildman–Crippen LogP) is 3.70. The van der Waals surface area contributed by atoms with Crippen LogP contribution in [0.25, 0.3) is 11.1 Å². The third-order valence-electron chi connectivity index (χ3n) is 6.06. The van der Waals surface area contributed by atoms with Crippen LogP contribution in [0.3, 0.4) is 0 Å². The highest BCUT2D eigenvalue weighted by Crippen LogP contribution is 2.35. The second-order valence-electron chi connectivity index (χ2n) is 8.59. The van der Waals surface area contributed by atoms with Crippen molar-refractivity contribution in [2.24, 2.45) is 0 Å². The van der Waals surface area contributed by atoms with Crippen molar-refractivity contribution >= 4 is 17.4 Å². The molecule has 5 rings (SSSR count). The zero-order valence-corrected chi connectivity index (χ0v) is 18.4. The summed E-state index contributed by atoms with van der Waals surface area (Å²) in [6.45, 7) is 2.82. The molecular formula is C25H27N5O2. The molecule has 0 saturated carbocycles. The fraction of sp³-hybridized carbons (Fsp3) is 0.320. The summed E-state index contributed by atoms with van der Waals surface area (Å²) in [5.41, 5.74) is 6.84. The number of pyridine rings is 2. The van der Waals surface area contributed by atoms with E-state index in [1.807, 2.05) is 38.4 Å². The van der Waals surface area contributed by atoms with Gasteiger partial charge in [-0.05, 0) is 67.0 Å². The van der Waals surface area contributed by atoms with Gasteiger partial charge in [0.2, 0.25) is 0 Å². The van der Waals surface area contributed by atoms with E-state index in [2.05, 4.69) is 32.7 Å². The highest BCUT2D eigenvalue weighted by atomic mass is 16.5. The van der Waals surface area contributed by atoms with Crippen molar-refractivity contribution in [3.63, 3.8) is 0 Å². The highest BCUT2D eigenvalue weighted by Gasteiger charge is 2.27. The second kappa shape index (κ2) is 8.68. The summed E-state index contributed by atoms with van der Waals surface area (Å²) in [5, 5.41) is 6.38. The van der Waals surface area contributed by atoms with Gasteiger partial charge in [0.1, 0.15) is 5.82 Å². The maximum Gasteiger partial charge on any atom is 0.254 e. The van der Waals surface area contributed by atoms with Crippen LogP contribution in [0.15, 0.2) is 48.8 Å². The SMILES string of the molecule is CN(C)Cc1nc(Nc2ccc(-c3ccncc3)c3c2C(=O)NC3)ccc1C1CCOC1. The fourth-order valence-electron chi connectivity index (χ4n) is 4.55. The Balaban J connectivity index is 1.50. The number of hydrogen-bond acceptors (Lipinski definition) is 6. The summed E-state index contributed by atoms with van der Waals surface area (Å²) >= 11 is 0. The maximum atomic E-state index is 12.7. The Labute approximate surface area is 187 Å². The van der Waals surface area contributed by atoms with E-state index < -0.39 is 0 Å². The third-order valence-corrected chi connectivity index (χ3v) is 6.06. The van der Waals surface area contributed by atoms with Crippen LogP contribution in [0.5, 0.6) is 0 Å². The Kier molecular flexibility index (Phi) is 5.59. The molecule has 164 valence electrons. The first-order valence-corrected chi connectivity index (χ1v) is 10.9. The van der Waals surface area contributed by atoms with Gasteiger partial charge in [0, 0.05) is 38.0 Å². The first-order chi connectivity index (χ1) is 15.6. The normalized spacial score (nSPS) is 17.5. The Morgan fingerprint density at radius 1 is 1.16 bits per heavy atom. The molecule has 1 aromatic carbocycles. The van der Waals surface area contributed by atoms with Crippen molar-refractivity contribution in [2.45, 2.75) is 25.4 Å². The zero-order chi connectivity index (χ0) is 22.1. The number of nitrogens with one attached hydrogen (secondary N) is 2. The van der Waals surface area contributed by atoms with E-state index in [0.717, 1.165) is 60.1 Å². The molecule has 1 unspecified atom stereocenters. The van der Waals surface area contributed by atoms with Gasteiger partial charge in [0.15, 0.2) is 0 Å². The molecule has 7 nitrogen and oxygen atoms in total. The molecule has 0 aliphatic carbocycles. The smallest absolute Gasteiger partial charge is 0.254 e. The maximum absolute atomic E-state index is 12.7. The van der Waals surface area contributed by atoms with Crippen molar-refractivity contribution in [1.29, 1.82) is 0 Å². The molecule has 1 fully saturated rings. The molecular weight excluding hydrogens is 402 g/mol. The number of carbonyl (C=O) groups is 1. The number of benzene rings is 1. The molecule has 4 heterocycles. The van der Waals surface area contributed by atoms with Crippen LogP contribution in [-0.4, -0.2) is 48.1 Å². The van der Waals surface area contributed by atoms with Crippen molar-refractivity contribution in [3.8, 4) is 11.1 Å². The van der Waals surface area contributed by atoms with Gasteiger partial charge in [-0.15, -0.1) is 0 Å². The number of fused-ring (bicyclic) bond motifs is 1. The van der Waals surface area contributed by atoms with Gasteiger partial charge in [-0.2, -0.15) is 0 Å². The van der Waals surface area contributed by atoms with Gasteiger partial charge in [-0.25, -0.2) is 4.98 Å². The lowest BCUT2D eigenvalue weighted by atomic mass is 9.95. The molecule has 7 heteroatoms. The largest absolute Gasteiger partial charge is 0.381 e. The van der Waals surface area contributed by atoms with Gasteiger partial charge < -0.3 is 20.3 Å². The lowest BCUT2D eigenvalue weighted by molar-refractivity contribution is 0.0966. The van der Waals surface area contributed by atoms with Crippen LogP contribution in [0.1, 0.15) is 39.5 Å². The number of aromatic nitrogens is 2. The number of amides is 1. The number of ether oxygens (including phenoxy) is 1. The lowest BCUT2D eigenvalue weighted by Crippen LogP contribution is -2.16. The fourth-order valence-corrected chi connectivity index (χ4v) is 4.55. The van der Waals surface area contributed by atoms with Crippen molar-refractivity contribution in [1.82, 2.24) is 20.2 Å². The first-order valence-electron chi connectivity index (χ1n) is 10.9.